The van der Waals surface area contributed by atoms with E-state index >= 15 is 0 Å². The zero-order chi connectivity index (χ0) is 16.9. The summed E-state index contributed by atoms with van der Waals surface area (Å²) in [5.41, 5.74) is 2.56. The van der Waals surface area contributed by atoms with E-state index < -0.39 is 0 Å². The number of hydrogen-bond acceptors (Lipinski definition) is 4. The van der Waals surface area contributed by atoms with Gasteiger partial charge in [0, 0.05) is 49.6 Å². The van der Waals surface area contributed by atoms with Crippen molar-refractivity contribution in [3.05, 3.63) is 48.5 Å². The van der Waals surface area contributed by atoms with Crippen LogP contribution in [0.2, 0.25) is 0 Å². The van der Waals surface area contributed by atoms with Gasteiger partial charge in [-0.05, 0) is 30.5 Å². The number of hydrogen-bond donors (Lipinski definition) is 1. The Labute approximate surface area is 140 Å². The second-order valence-electron chi connectivity index (χ2n) is 5.89. The van der Waals surface area contributed by atoms with E-state index in [9.17, 15) is 9.59 Å². The Morgan fingerprint density at radius 3 is 2.25 bits per heavy atom. The molecule has 124 valence electrons. The highest BCUT2D eigenvalue weighted by Crippen LogP contribution is 2.21. The van der Waals surface area contributed by atoms with Crippen molar-refractivity contribution in [2.45, 2.75) is 12.8 Å². The van der Waals surface area contributed by atoms with Gasteiger partial charge in [-0.2, -0.15) is 0 Å². The van der Waals surface area contributed by atoms with E-state index in [0.717, 1.165) is 11.1 Å². The summed E-state index contributed by atoms with van der Waals surface area (Å²) in [6, 6.07) is 7.47. The van der Waals surface area contributed by atoms with Crippen LogP contribution in [0.15, 0.2) is 43.0 Å². The number of amides is 2. The summed E-state index contributed by atoms with van der Waals surface area (Å²) in [5.74, 6) is 0.0947. The molecule has 0 atom stereocenters. The smallest absolute Gasteiger partial charge is 0.253 e. The van der Waals surface area contributed by atoms with E-state index in [0.29, 0.717) is 31.5 Å². The lowest BCUT2D eigenvalue weighted by atomic mass is 9.95. The Kier molecular flexibility index (Phi) is 4.84. The van der Waals surface area contributed by atoms with Gasteiger partial charge >= 0.3 is 0 Å². The van der Waals surface area contributed by atoms with E-state index in [2.05, 4.69) is 15.3 Å². The molecule has 0 saturated carbocycles. The van der Waals surface area contributed by atoms with Crippen LogP contribution >= 0.6 is 0 Å². The van der Waals surface area contributed by atoms with Crippen LogP contribution in [0.25, 0.3) is 11.1 Å². The minimum Gasteiger partial charge on any atom is -0.359 e. The number of aromatic nitrogens is 2. The maximum atomic E-state index is 12.6. The van der Waals surface area contributed by atoms with Gasteiger partial charge < -0.3 is 10.2 Å². The summed E-state index contributed by atoms with van der Waals surface area (Å²) in [4.78, 5) is 34.1. The first kappa shape index (κ1) is 16.1. The van der Waals surface area contributed by atoms with Crippen molar-refractivity contribution in [1.82, 2.24) is 20.2 Å². The number of carbonyl (C=O) groups excluding carboxylic acids is 2. The Balaban J connectivity index is 1.65. The Hall–Kier alpha value is -2.76. The monoisotopic (exact) mass is 324 g/mol. The molecule has 1 fully saturated rings. The maximum absolute atomic E-state index is 12.6. The molecule has 24 heavy (non-hydrogen) atoms. The molecule has 1 N–H and O–H groups in total. The second-order valence-corrected chi connectivity index (χ2v) is 5.89. The zero-order valence-corrected chi connectivity index (χ0v) is 13.6. The lowest BCUT2D eigenvalue weighted by Gasteiger charge is -2.31. The molecular formula is C18H20N4O2. The predicted molar refractivity (Wildman–Crippen MR) is 90.2 cm³/mol. The minimum absolute atomic E-state index is 0.0134. The van der Waals surface area contributed by atoms with Crippen molar-refractivity contribution in [3.8, 4) is 11.1 Å². The topological polar surface area (TPSA) is 75.2 Å². The van der Waals surface area contributed by atoms with Crippen LogP contribution in [0.4, 0.5) is 0 Å². The molecule has 2 aromatic rings. The molecular weight excluding hydrogens is 304 g/mol. The Morgan fingerprint density at radius 2 is 1.67 bits per heavy atom. The third kappa shape index (κ3) is 3.42. The highest BCUT2D eigenvalue weighted by Gasteiger charge is 2.27. The van der Waals surface area contributed by atoms with Gasteiger partial charge in [0.25, 0.3) is 5.91 Å². The molecule has 2 heterocycles. The van der Waals surface area contributed by atoms with E-state index in [1.807, 2.05) is 29.2 Å². The van der Waals surface area contributed by atoms with Crippen LogP contribution in [0.5, 0.6) is 0 Å². The zero-order valence-electron chi connectivity index (χ0n) is 13.6. The number of rotatable bonds is 3. The molecule has 0 bridgehead atoms. The molecule has 0 aliphatic carbocycles. The highest BCUT2D eigenvalue weighted by atomic mass is 16.2. The van der Waals surface area contributed by atoms with Crippen LogP contribution in [0.3, 0.4) is 0 Å². The average Bonchev–Trinajstić information content (AvgIpc) is 2.68. The van der Waals surface area contributed by atoms with E-state index in [1.165, 1.54) is 6.33 Å². The van der Waals surface area contributed by atoms with Gasteiger partial charge in [-0.25, -0.2) is 9.97 Å². The molecule has 1 aliphatic heterocycles. The first-order chi connectivity index (χ1) is 11.7. The summed E-state index contributed by atoms with van der Waals surface area (Å²) in [6.45, 7) is 1.23. The van der Waals surface area contributed by atoms with E-state index in [1.54, 1.807) is 19.4 Å². The number of likely N-dealkylation sites (tertiary alicyclic amines) is 1. The lowest BCUT2D eigenvalue weighted by molar-refractivity contribution is -0.125. The molecule has 6 nitrogen and oxygen atoms in total. The number of benzene rings is 1. The fourth-order valence-corrected chi connectivity index (χ4v) is 2.98. The SMILES string of the molecule is CNC(=O)C1CCN(C(=O)c2ccc(-c3cncnc3)cc2)CC1. The van der Waals surface area contributed by atoms with Gasteiger partial charge in [-0.15, -0.1) is 0 Å². The second kappa shape index (κ2) is 7.21. The van der Waals surface area contributed by atoms with Crippen molar-refractivity contribution < 1.29 is 9.59 Å². The van der Waals surface area contributed by atoms with Crippen molar-refractivity contribution in [3.63, 3.8) is 0 Å². The van der Waals surface area contributed by atoms with Gasteiger partial charge in [0.15, 0.2) is 0 Å². The normalized spacial score (nSPS) is 15.1. The van der Waals surface area contributed by atoms with Crippen molar-refractivity contribution in [2.75, 3.05) is 20.1 Å². The van der Waals surface area contributed by atoms with Crippen LogP contribution in [0.1, 0.15) is 23.2 Å². The third-order valence-electron chi connectivity index (χ3n) is 4.43. The van der Waals surface area contributed by atoms with Crippen molar-refractivity contribution >= 4 is 11.8 Å². The van der Waals surface area contributed by atoms with Crippen LogP contribution in [-0.4, -0.2) is 46.8 Å². The molecule has 6 heteroatoms. The summed E-state index contributed by atoms with van der Waals surface area (Å²) in [5, 5.41) is 2.68. The molecule has 1 aromatic heterocycles. The summed E-state index contributed by atoms with van der Waals surface area (Å²) in [7, 11) is 1.65. The van der Waals surface area contributed by atoms with E-state index in [4.69, 9.17) is 0 Å². The largest absolute Gasteiger partial charge is 0.359 e. The van der Waals surface area contributed by atoms with Crippen LogP contribution < -0.4 is 5.32 Å². The highest BCUT2D eigenvalue weighted by molar-refractivity contribution is 5.95. The van der Waals surface area contributed by atoms with Crippen LogP contribution in [0, 0.1) is 5.92 Å². The number of nitrogens with zero attached hydrogens (tertiary/aromatic N) is 3. The predicted octanol–water partition coefficient (Wildman–Crippen LogP) is 1.74. The molecule has 0 spiro atoms. The maximum Gasteiger partial charge on any atom is 0.253 e. The molecule has 1 aromatic carbocycles. The molecule has 1 saturated heterocycles. The quantitative estimate of drug-likeness (QED) is 0.933. The van der Waals surface area contributed by atoms with Crippen molar-refractivity contribution in [1.29, 1.82) is 0 Å². The molecule has 0 unspecified atom stereocenters. The minimum atomic E-state index is 0.0134. The molecule has 0 radical (unpaired) electrons. The van der Waals surface area contributed by atoms with E-state index in [-0.39, 0.29) is 17.7 Å². The summed E-state index contributed by atoms with van der Waals surface area (Å²) < 4.78 is 0. The number of nitrogens with one attached hydrogen (secondary N) is 1. The fraction of sp³-hybridized carbons (Fsp3) is 0.333. The fourth-order valence-electron chi connectivity index (χ4n) is 2.98. The summed E-state index contributed by atoms with van der Waals surface area (Å²) in [6.07, 6.45) is 6.40. The van der Waals surface area contributed by atoms with Crippen LogP contribution in [-0.2, 0) is 4.79 Å². The first-order valence-electron chi connectivity index (χ1n) is 8.05. The number of piperidine rings is 1. The Bertz CT molecular complexity index is 708. The Morgan fingerprint density at radius 1 is 1.04 bits per heavy atom. The molecule has 2 amide bonds. The molecule has 1 aliphatic rings. The number of carbonyl (C=O) groups is 2. The van der Waals surface area contributed by atoms with Gasteiger partial charge in [0.05, 0.1) is 0 Å². The van der Waals surface area contributed by atoms with Gasteiger partial charge in [-0.1, -0.05) is 12.1 Å². The van der Waals surface area contributed by atoms with Gasteiger partial charge in [0.2, 0.25) is 5.91 Å². The van der Waals surface area contributed by atoms with Gasteiger partial charge in [-0.3, -0.25) is 9.59 Å². The summed E-state index contributed by atoms with van der Waals surface area (Å²) >= 11 is 0. The van der Waals surface area contributed by atoms with Gasteiger partial charge in [0.1, 0.15) is 6.33 Å². The third-order valence-corrected chi connectivity index (χ3v) is 4.43. The lowest BCUT2D eigenvalue weighted by Crippen LogP contribution is -2.42. The molecule has 3 rings (SSSR count). The first-order valence-corrected chi connectivity index (χ1v) is 8.05. The standard InChI is InChI=1S/C18H20N4O2/c1-19-17(23)14-6-8-22(9-7-14)18(24)15-4-2-13(3-5-15)16-10-20-12-21-11-16/h2-5,10-12,14H,6-9H2,1H3,(H,19,23). The average molecular weight is 324 g/mol. The van der Waals surface area contributed by atoms with Crippen molar-refractivity contribution in [2.24, 2.45) is 5.92 Å².